The van der Waals surface area contributed by atoms with E-state index in [0.29, 0.717) is 24.1 Å². The average molecular weight is 431 g/mol. The molecule has 0 radical (unpaired) electrons. The number of hydrogen-bond acceptors (Lipinski definition) is 3. The fraction of sp³-hybridized carbons (Fsp3) is 0.0357. The van der Waals surface area contributed by atoms with Gasteiger partial charge in [0.25, 0.3) is 0 Å². The molecule has 0 fully saturated rings. The van der Waals surface area contributed by atoms with Gasteiger partial charge in [-0.25, -0.2) is 9.98 Å². The molecule has 5 heteroatoms. The van der Waals surface area contributed by atoms with E-state index in [1.807, 2.05) is 109 Å². The Balaban J connectivity index is 1.53. The molecule has 2 N–H and O–H groups in total. The van der Waals surface area contributed by atoms with Crippen molar-refractivity contribution in [3.8, 4) is 11.5 Å². The first-order chi connectivity index (χ1) is 16.3. The maximum absolute atomic E-state index is 6.31. The van der Waals surface area contributed by atoms with Crippen LogP contribution in [0.4, 0.5) is 0 Å². The largest absolute Gasteiger partial charge is 0.436 e. The van der Waals surface area contributed by atoms with Crippen molar-refractivity contribution in [1.82, 2.24) is 4.98 Å². The van der Waals surface area contributed by atoms with Crippen LogP contribution in [0.2, 0.25) is 0 Å². The number of aliphatic imine (C=N–C) groups is 2. The molecule has 0 bridgehead atoms. The van der Waals surface area contributed by atoms with Crippen molar-refractivity contribution in [3.63, 3.8) is 0 Å². The smallest absolute Gasteiger partial charge is 0.227 e. The summed E-state index contributed by atoms with van der Waals surface area (Å²) in [5, 5.41) is 0. The lowest BCUT2D eigenvalue weighted by molar-refractivity contribution is 0.619. The maximum Gasteiger partial charge on any atom is 0.227 e. The maximum atomic E-state index is 6.31. The third-order valence-corrected chi connectivity index (χ3v) is 5.27. The van der Waals surface area contributed by atoms with Gasteiger partial charge < -0.3 is 10.2 Å². The normalized spacial score (nSPS) is 12.2. The molecule has 1 aromatic heterocycles. The van der Waals surface area contributed by atoms with Crippen molar-refractivity contribution >= 4 is 22.8 Å². The molecule has 5 rings (SSSR count). The van der Waals surface area contributed by atoms with Crippen molar-refractivity contribution in [1.29, 1.82) is 0 Å². The second-order valence-corrected chi connectivity index (χ2v) is 7.51. The number of para-hydroxylation sites is 2. The Morgan fingerprint density at radius 2 is 1.36 bits per heavy atom. The summed E-state index contributed by atoms with van der Waals surface area (Å²) in [6.45, 7) is 0.407. The zero-order chi connectivity index (χ0) is 22.5. The molecule has 1 heterocycles. The summed E-state index contributed by atoms with van der Waals surface area (Å²) in [5.41, 5.74) is 11.6. The van der Waals surface area contributed by atoms with Gasteiger partial charge in [0.2, 0.25) is 5.89 Å². The minimum absolute atomic E-state index is 0.407. The number of rotatable bonds is 5. The van der Waals surface area contributed by atoms with Gasteiger partial charge in [-0.1, -0.05) is 91.0 Å². The van der Waals surface area contributed by atoms with Crippen LogP contribution in [0, 0.1) is 0 Å². The molecule has 0 atom stereocenters. The number of nitrogens with two attached hydrogens (primary N) is 1. The third-order valence-electron chi connectivity index (χ3n) is 5.27. The zero-order valence-electron chi connectivity index (χ0n) is 17.9. The van der Waals surface area contributed by atoms with Gasteiger partial charge in [-0.3, -0.25) is 4.99 Å². The number of oxazole rings is 1. The van der Waals surface area contributed by atoms with Crippen LogP contribution in [0.1, 0.15) is 16.7 Å². The highest BCUT2D eigenvalue weighted by molar-refractivity contribution is 6.10. The van der Waals surface area contributed by atoms with E-state index in [1.54, 1.807) is 0 Å². The molecule has 0 unspecified atom stereocenters. The molecule has 5 nitrogen and oxygen atoms in total. The summed E-state index contributed by atoms with van der Waals surface area (Å²) in [5.74, 6) is 1.57. The number of hydrogen-bond donors (Lipinski definition) is 1. The van der Waals surface area contributed by atoms with Crippen LogP contribution < -0.4 is 5.73 Å². The number of benzene rings is 4. The molecule has 0 aliphatic heterocycles. The number of aromatic nitrogens is 1. The molecule has 33 heavy (non-hydrogen) atoms. The molecular formula is C28H22N4O. The fourth-order valence-electron chi connectivity index (χ4n) is 3.58. The molecule has 0 spiro atoms. The van der Waals surface area contributed by atoms with Gasteiger partial charge in [0.15, 0.2) is 11.4 Å². The number of amidine groups is 2. The van der Waals surface area contributed by atoms with Crippen LogP contribution in [0.3, 0.4) is 0 Å². The van der Waals surface area contributed by atoms with Crippen molar-refractivity contribution in [2.75, 3.05) is 0 Å². The first-order valence-corrected chi connectivity index (χ1v) is 10.7. The van der Waals surface area contributed by atoms with Gasteiger partial charge in [0, 0.05) is 16.7 Å². The summed E-state index contributed by atoms with van der Waals surface area (Å²) in [4.78, 5) is 14.2. The van der Waals surface area contributed by atoms with E-state index in [2.05, 4.69) is 9.98 Å². The molecule has 0 saturated heterocycles. The highest BCUT2D eigenvalue weighted by Crippen LogP contribution is 2.27. The van der Waals surface area contributed by atoms with E-state index in [9.17, 15) is 0 Å². The minimum Gasteiger partial charge on any atom is -0.436 e. The Labute approximate surface area is 192 Å². The lowest BCUT2D eigenvalue weighted by atomic mass is 10.1. The molecular weight excluding hydrogens is 408 g/mol. The predicted octanol–water partition coefficient (Wildman–Crippen LogP) is 5.85. The first-order valence-electron chi connectivity index (χ1n) is 10.7. The Kier molecular flexibility index (Phi) is 5.76. The predicted molar refractivity (Wildman–Crippen MR) is 133 cm³/mol. The Bertz CT molecular complexity index is 1400. The van der Waals surface area contributed by atoms with Crippen LogP contribution >= 0.6 is 0 Å². The van der Waals surface area contributed by atoms with Crippen LogP contribution in [0.15, 0.2) is 124 Å². The lowest BCUT2D eigenvalue weighted by Crippen LogP contribution is -2.16. The van der Waals surface area contributed by atoms with Crippen LogP contribution in [0.25, 0.3) is 22.6 Å². The van der Waals surface area contributed by atoms with Crippen LogP contribution in [0.5, 0.6) is 0 Å². The molecule has 4 aromatic carbocycles. The van der Waals surface area contributed by atoms with E-state index in [0.717, 1.165) is 33.4 Å². The Morgan fingerprint density at radius 3 is 2.12 bits per heavy atom. The average Bonchev–Trinajstić information content (AvgIpc) is 3.32. The molecule has 0 saturated carbocycles. The monoisotopic (exact) mass is 430 g/mol. The summed E-state index contributed by atoms with van der Waals surface area (Å²) >= 11 is 0. The molecule has 0 aliphatic rings. The fourth-order valence-corrected chi connectivity index (χ4v) is 3.58. The minimum atomic E-state index is 0.407. The number of fused-ring (bicyclic) bond motifs is 1. The van der Waals surface area contributed by atoms with Gasteiger partial charge in [-0.15, -0.1) is 0 Å². The molecule has 5 aromatic rings. The van der Waals surface area contributed by atoms with Crippen molar-refractivity contribution < 1.29 is 4.42 Å². The highest BCUT2D eigenvalue weighted by Gasteiger charge is 2.12. The quantitative estimate of drug-likeness (QED) is 0.281. The summed E-state index contributed by atoms with van der Waals surface area (Å²) in [6, 6.07) is 35.3. The standard InChI is InChI=1S/C28H22N4O/c29-26(20-11-3-1-4-12-20)32-27(21-13-5-2-6-14-21)30-19-22-15-7-8-16-23(22)28-31-24-17-9-10-18-25(24)33-28/h1-18H,19H2,(H2,29,30,32). The highest BCUT2D eigenvalue weighted by atomic mass is 16.3. The summed E-state index contributed by atoms with van der Waals surface area (Å²) < 4.78 is 6.00. The lowest BCUT2D eigenvalue weighted by Gasteiger charge is -2.07. The van der Waals surface area contributed by atoms with Crippen molar-refractivity contribution in [2.24, 2.45) is 15.7 Å². The van der Waals surface area contributed by atoms with Crippen molar-refractivity contribution in [3.05, 3.63) is 126 Å². The van der Waals surface area contributed by atoms with Crippen LogP contribution in [-0.4, -0.2) is 16.7 Å². The van der Waals surface area contributed by atoms with Gasteiger partial charge >= 0.3 is 0 Å². The van der Waals surface area contributed by atoms with Gasteiger partial charge in [0.1, 0.15) is 11.4 Å². The Hall–Kier alpha value is -4.51. The molecule has 0 amide bonds. The SMILES string of the molecule is NC(=NC(=NCc1ccccc1-c1nc2ccccc2o1)c1ccccc1)c1ccccc1. The number of nitrogens with zero attached hydrogens (tertiary/aromatic N) is 3. The van der Waals surface area contributed by atoms with Gasteiger partial charge in [0.05, 0.1) is 6.54 Å². The van der Waals surface area contributed by atoms with E-state index < -0.39 is 0 Å². The topological polar surface area (TPSA) is 76.8 Å². The first kappa shape index (κ1) is 20.4. The second kappa shape index (κ2) is 9.32. The van der Waals surface area contributed by atoms with E-state index >= 15 is 0 Å². The van der Waals surface area contributed by atoms with Gasteiger partial charge in [-0.2, -0.15) is 0 Å². The Morgan fingerprint density at radius 1 is 0.727 bits per heavy atom. The zero-order valence-corrected chi connectivity index (χ0v) is 17.9. The summed E-state index contributed by atoms with van der Waals surface area (Å²) in [7, 11) is 0. The van der Waals surface area contributed by atoms with E-state index in [1.165, 1.54) is 0 Å². The molecule has 0 aliphatic carbocycles. The van der Waals surface area contributed by atoms with Gasteiger partial charge in [-0.05, 0) is 23.8 Å². The third kappa shape index (κ3) is 4.57. The van der Waals surface area contributed by atoms with E-state index in [-0.39, 0.29) is 0 Å². The summed E-state index contributed by atoms with van der Waals surface area (Å²) in [6.07, 6.45) is 0. The molecule has 160 valence electrons. The second-order valence-electron chi connectivity index (χ2n) is 7.51. The van der Waals surface area contributed by atoms with E-state index in [4.69, 9.17) is 15.1 Å². The van der Waals surface area contributed by atoms with Crippen molar-refractivity contribution in [2.45, 2.75) is 6.54 Å². The van der Waals surface area contributed by atoms with Crippen LogP contribution in [-0.2, 0) is 6.54 Å².